The van der Waals surface area contributed by atoms with Gasteiger partial charge in [-0.1, -0.05) is 37.3 Å². The van der Waals surface area contributed by atoms with Crippen molar-refractivity contribution in [3.63, 3.8) is 0 Å². The van der Waals surface area contributed by atoms with Gasteiger partial charge in [-0.15, -0.1) is 0 Å². The SMILES string of the molecule is C[C@@H]1CC[C@H]2[C@@H](CCCc3ccccc3)CO[C@@H]3OC4(C)CC[C@@H]1[C@]32OO4. The van der Waals surface area contributed by atoms with Crippen molar-refractivity contribution in [3.8, 4) is 0 Å². The van der Waals surface area contributed by atoms with E-state index >= 15 is 0 Å². The van der Waals surface area contributed by atoms with Gasteiger partial charge in [0.1, 0.15) is 0 Å². The largest absolute Gasteiger partial charge is 0.349 e. The summed E-state index contributed by atoms with van der Waals surface area (Å²) in [5.41, 5.74) is 1.01. The Morgan fingerprint density at radius 2 is 1.89 bits per heavy atom. The first-order valence-electron chi connectivity index (χ1n) is 10.8. The fourth-order valence-electron chi connectivity index (χ4n) is 6.22. The van der Waals surface area contributed by atoms with E-state index < -0.39 is 11.4 Å². The minimum atomic E-state index is -0.655. The first-order chi connectivity index (χ1) is 13.1. The molecule has 148 valence electrons. The van der Waals surface area contributed by atoms with E-state index in [1.807, 2.05) is 6.92 Å². The van der Waals surface area contributed by atoms with Crippen LogP contribution in [0.5, 0.6) is 0 Å². The van der Waals surface area contributed by atoms with Crippen LogP contribution in [-0.4, -0.2) is 24.3 Å². The summed E-state index contributed by atoms with van der Waals surface area (Å²) < 4.78 is 12.7. The maximum Gasteiger partial charge on any atom is 0.201 e. The summed E-state index contributed by atoms with van der Waals surface area (Å²) in [6.07, 6.45) is 7.68. The zero-order chi connectivity index (χ0) is 18.5. The molecule has 0 aromatic heterocycles. The number of hydrogen-bond donors (Lipinski definition) is 0. The van der Waals surface area contributed by atoms with Crippen LogP contribution in [-0.2, 0) is 25.7 Å². The second-order valence-electron chi connectivity index (χ2n) is 9.38. The van der Waals surface area contributed by atoms with Gasteiger partial charge in [0, 0.05) is 12.3 Å². The minimum absolute atomic E-state index is 0.276. The van der Waals surface area contributed by atoms with Gasteiger partial charge in [-0.05, 0) is 68.8 Å². The average molecular weight is 373 g/mol. The number of ether oxygens (including phenoxy) is 2. The van der Waals surface area contributed by atoms with Crippen molar-refractivity contribution in [1.29, 1.82) is 0 Å². The van der Waals surface area contributed by atoms with E-state index in [1.54, 1.807) is 0 Å². The maximum absolute atomic E-state index is 6.33. The summed E-state index contributed by atoms with van der Waals surface area (Å²) in [6, 6.07) is 10.8. The Morgan fingerprint density at radius 1 is 1.04 bits per heavy atom. The van der Waals surface area contributed by atoms with Gasteiger partial charge in [-0.3, -0.25) is 0 Å². The van der Waals surface area contributed by atoms with E-state index in [2.05, 4.69) is 37.3 Å². The standard InChI is InChI=1S/C23H32O4/c1-16-11-12-20-18(10-6-9-17-7-4-3-5-8-17)15-24-21-23(20)19(16)13-14-22(2,25-21)26-27-23/h3-5,7-8,16,18-21H,6,9-15H2,1-2H3/t16-,18+,19+,20+,21-,22?,23-/m1/s1. The van der Waals surface area contributed by atoms with Crippen molar-refractivity contribution in [2.45, 2.75) is 76.5 Å². The van der Waals surface area contributed by atoms with Gasteiger partial charge in [-0.25, -0.2) is 9.78 Å². The van der Waals surface area contributed by atoms with Crippen molar-refractivity contribution in [3.05, 3.63) is 35.9 Å². The normalized spacial score (nSPS) is 45.9. The fraction of sp³-hybridized carbons (Fsp3) is 0.739. The Kier molecular flexibility index (Phi) is 4.59. The Hall–Kier alpha value is -0.940. The van der Waals surface area contributed by atoms with E-state index in [0.717, 1.165) is 25.9 Å². The number of benzene rings is 1. The predicted octanol–water partition coefficient (Wildman–Crippen LogP) is 4.87. The van der Waals surface area contributed by atoms with Crippen LogP contribution in [0.3, 0.4) is 0 Å². The first-order valence-corrected chi connectivity index (χ1v) is 10.8. The van der Waals surface area contributed by atoms with Gasteiger partial charge in [0.25, 0.3) is 0 Å². The second-order valence-corrected chi connectivity index (χ2v) is 9.38. The van der Waals surface area contributed by atoms with Gasteiger partial charge in [0.05, 0.1) is 6.61 Å². The van der Waals surface area contributed by atoms with Crippen molar-refractivity contribution in [1.82, 2.24) is 0 Å². The summed E-state index contributed by atoms with van der Waals surface area (Å²) in [7, 11) is 0. The molecule has 27 heavy (non-hydrogen) atoms. The molecule has 1 unspecified atom stereocenters. The molecule has 1 saturated carbocycles. The van der Waals surface area contributed by atoms with E-state index in [0.29, 0.717) is 23.7 Å². The molecule has 6 rings (SSSR count). The molecule has 0 amide bonds. The topological polar surface area (TPSA) is 36.9 Å². The van der Waals surface area contributed by atoms with Crippen molar-refractivity contribution in [2.24, 2.45) is 23.7 Å². The van der Waals surface area contributed by atoms with Crippen LogP contribution in [0, 0.1) is 23.7 Å². The molecule has 2 bridgehead atoms. The lowest BCUT2D eigenvalue weighted by Crippen LogP contribution is -2.69. The lowest BCUT2D eigenvalue weighted by molar-refractivity contribution is -0.567. The van der Waals surface area contributed by atoms with Crippen LogP contribution in [0.1, 0.15) is 57.9 Å². The Labute approximate surface area is 162 Å². The lowest BCUT2D eigenvalue weighted by Gasteiger charge is -2.59. The molecule has 1 aromatic rings. The molecule has 1 spiro atoms. The highest BCUT2D eigenvalue weighted by molar-refractivity contribution is 5.15. The molecule has 0 N–H and O–H groups in total. The zero-order valence-corrected chi connectivity index (χ0v) is 16.6. The van der Waals surface area contributed by atoms with E-state index in [-0.39, 0.29) is 6.29 Å². The van der Waals surface area contributed by atoms with E-state index in [9.17, 15) is 0 Å². The van der Waals surface area contributed by atoms with Crippen LogP contribution >= 0.6 is 0 Å². The molecule has 5 fully saturated rings. The highest BCUT2D eigenvalue weighted by atomic mass is 17.3. The molecule has 4 nitrogen and oxygen atoms in total. The Balaban J connectivity index is 1.35. The van der Waals surface area contributed by atoms with Gasteiger partial charge >= 0.3 is 0 Å². The van der Waals surface area contributed by atoms with Crippen LogP contribution in [0.15, 0.2) is 30.3 Å². The third-order valence-electron chi connectivity index (χ3n) is 7.69. The Morgan fingerprint density at radius 3 is 2.74 bits per heavy atom. The third kappa shape index (κ3) is 2.96. The quantitative estimate of drug-likeness (QED) is 0.707. The molecule has 4 aliphatic heterocycles. The number of hydrogen-bond acceptors (Lipinski definition) is 4. The van der Waals surface area contributed by atoms with Crippen molar-refractivity contribution in [2.75, 3.05) is 6.61 Å². The molecule has 5 aliphatic rings. The number of rotatable bonds is 4. The average Bonchev–Trinajstić information content (AvgIpc) is 2.91. The molecule has 4 saturated heterocycles. The number of aryl methyl sites for hydroxylation is 1. The predicted molar refractivity (Wildman–Crippen MR) is 102 cm³/mol. The lowest BCUT2D eigenvalue weighted by atomic mass is 9.57. The van der Waals surface area contributed by atoms with E-state index in [1.165, 1.54) is 31.2 Å². The molecule has 4 heterocycles. The van der Waals surface area contributed by atoms with Crippen LogP contribution in [0.25, 0.3) is 0 Å². The molecule has 7 atom stereocenters. The molecular formula is C23H32O4. The van der Waals surface area contributed by atoms with Gasteiger partial charge < -0.3 is 9.47 Å². The highest BCUT2D eigenvalue weighted by Gasteiger charge is 2.68. The Bertz CT molecular complexity index is 664. The number of fused-ring (bicyclic) bond motifs is 2. The smallest absolute Gasteiger partial charge is 0.201 e. The third-order valence-corrected chi connectivity index (χ3v) is 7.69. The van der Waals surface area contributed by atoms with Gasteiger partial charge in [0.15, 0.2) is 11.9 Å². The van der Waals surface area contributed by atoms with Crippen molar-refractivity contribution >= 4 is 0 Å². The molecule has 1 aromatic carbocycles. The summed E-state index contributed by atoms with van der Waals surface area (Å²) in [5, 5.41) is 0. The molecule has 4 heteroatoms. The van der Waals surface area contributed by atoms with Gasteiger partial charge in [-0.2, -0.15) is 0 Å². The zero-order valence-electron chi connectivity index (χ0n) is 16.6. The van der Waals surface area contributed by atoms with Crippen LogP contribution < -0.4 is 0 Å². The van der Waals surface area contributed by atoms with Gasteiger partial charge in [0.2, 0.25) is 5.79 Å². The molecule has 0 radical (unpaired) electrons. The summed E-state index contributed by atoms with van der Waals surface area (Å²) in [4.78, 5) is 12.1. The summed E-state index contributed by atoms with van der Waals surface area (Å²) >= 11 is 0. The maximum atomic E-state index is 6.33. The first kappa shape index (κ1) is 18.1. The summed E-state index contributed by atoms with van der Waals surface area (Å²) in [6.45, 7) is 5.15. The van der Waals surface area contributed by atoms with Crippen molar-refractivity contribution < 1.29 is 19.2 Å². The monoisotopic (exact) mass is 372 g/mol. The minimum Gasteiger partial charge on any atom is -0.349 e. The highest BCUT2D eigenvalue weighted by Crippen LogP contribution is 2.60. The molecular weight excluding hydrogens is 340 g/mol. The second kappa shape index (κ2) is 6.84. The summed E-state index contributed by atoms with van der Waals surface area (Å²) in [5.74, 6) is 1.42. The van der Waals surface area contributed by atoms with Crippen LogP contribution in [0.4, 0.5) is 0 Å². The van der Waals surface area contributed by atoms with Crippen LogP contribution in [0.2, 0.25) is 0 Å². The molecule has 1 aliphatic carbocycles. The fourth-order valence-corrected chi connectivity index (χ4v) is 6.22. The van der Waals surface area contributed by atoms with E-state index in [4.69, 9.17) is 19.2 Å².